The van der Waals surface area contributed by atoms with Crippen molar-refractivity contribution in [1.82, 2.24) is 9.78 Å². The normalized spacial score (nSPS) is 15.9. The number of fused-ring (bicyclic) bond motifs is 1. The van der Waals surface area contributed by atoms with E-state index in [1.807, 2.05) is 41.9 Å². The molecule has 0 unspecified atom stereocenters. The Hall–Kier alpha value is -3.28. The number of aromatic nitrogens is 2. The average molecular weight is 363 g/mol. The first-order valence-electron chi connectivity index (χ1n) is 8.84. The Morgan fingerprint density at radius 3 is 2.78 bits per heavy atom. The number of nitrogens with one attached hydrogen (secondary N) is 1. The molecular weight excluding hydrogens is 342 g/mol. The highest BCUT2D eigenvalue weighted by Crippen LogP contribution is 2.43. The number of carbonyl (C=O) groups is 1. The topological polar surface area (TPSA) is 76.4 Å². The molecule has 6 heteroatoms. The SMILES string of the molecule is COc1ccc(O)c([C@H]2CC(=O)Nc3nn(Cc4ccccc4)c(C)c32)c1. The number of anilines is 1. The van der Waals surface area contributed by atoms with Crippen molar-refractivity contribution in [1.29, 1.82) is 0 Å². The molecule has 1 aliphatic rings. The van der Waals surface area contributed by atoms with Crippen molar-refractivity contribution in [3.8, 4) is 11.5 Å². The Morgan fingerprint density at radius 1 is 1.26 bits per heavy atom. The van der Waals surface area contributed by atoms with Crippen LogP contribution in [0, 0.1) is 6.92 Å². The number of amides is 1. The first kappa shape index (κ1) is 17.1. The van der Waals surface area contributed by atoms with Crippen LogP contribution in [0.5, 0.6) is 11.5 Å². The molecule has 2 N–H and O–H groups in total. The Balaban J connectivity index is 1.79. The van der Waals surface area contributed by atoms with Crippen LogP contribution in [0.1, 0.15) is 34.7 Å². The molecule has 3 aromatic rings. The van der Waals surface area contributed by atoms with Gasteiger partial charge in [-0.1, -0.05) is 30.3 Å². The third kappa shape index (κ3) is 3.14. The molecule has 27 heavy (non-hydrogen) atoms. The molecule has 2 heterocycles. The van der Waals surface area contributed by atoms with Gasteiger partial charge in [-0.05, 0) is 30.7 Å². The van der Waals surface area contributed by atoms with Gasteiger partial charge in [-0.15, -0.1) is 0 Å². The van der Waals surface area contributed by atoms with Crippen LogP contribution in [0.15, 0.2) is 48.5 Å². The van der Waals surface area contributed by atoms with Gasteiger partial charge in [0.25, 0.3) is 0 Å². The second-order valence-electron chi connectivity index (χ2n) is 6.72. The van der Waals surface area contributed by atoms with E-state index in [9.17, 15) is 9.90 Å². The van der Waals surface area contributed by atoms with Crippen molar-refractivity contribution in [2.24, 2.45) is 0 Å². The average Bonchev–Trinajstić information content (AvgIpc) is 2.97. The van der Waals surface area contributed by atoms with Crippen LogP contribution in [0.25, 0.3) is 0 Å². The Kier molecular flexibility index (Phi) is 4.32. The summed E-state index contributed by atoms with van der Waals surface area (Å²) in [4.78, 5) is 12.3. The minimum Gasteiger partial charge on any atom is -0.508 e. The highest BCUT2D eigenvalue weighted by molar-refractivity contribution is 5.94. The molecule has 138 valence electrons. The summed E-state index contributed by atoms with van der Waals surface area (Å²) in [6.45, 7) is 2.61. The summed E-state index contributed by atoms with van der Waals surface area (Å²) in [6, 6.07) is 15.1. The van der Waals surface area contributed by atoms with Crippen molar-refractivity contribution in [2.75, 3.05) is 12.4 Å². The van der Waals surface area contributed by atoms with E-state index in [0.717, 1.165) is 16.8 Å². The maximum atomic E-state index is 12.3. The minimum absolute atomic E-state index is 0.112. The number of carbonyl (C=O) groups excluding carboxylic acids is 1. The molecule has 2 aromatic carbocycles. The molecular formula is C21H21N3O3. The molecule has 0 aliphatic carbocycles. The summed E-state index contributed by atoms with van der Waals surface area (Å²) in [5.74, 6) is 0.973. The van der Waals surface area contributed by atoms with Gasteiger partial charge in [-0.3, -0.25) is 9.48 Å². The van der Waals surface area contributed by atoms with Gasteiger partial charge >= 0.3 is 0 Å². The lowest BCUT2D eigenvalue weighted by Crippen LogP contribution is -2.23. The molecule has 1 aliphatic heterocycles. The predicted octanol–water partition coefficient (Wildman–Crippen LogP) is 3.43. The van der Waals surface area contributed by atoms with Crippen LogP contribution in [0.2, 0.25) is 0 Å². The molecule has 0 saturated carbocycles. The van der Waals surface area contributed by atoms with Gasteiger partial charge < -0.3 is 15.2 Å². The summed E-state index contributed by atoms with van der Waals surface area (Å²) in [5.41, 5.74) is 3.72. The van der Waals surface area contributed by atoms with Crippen LogP contribution in [-0.4, -0.2) is 27.9 Å². The van der Waals surface area contributed by atoms with Crippen molar-refractivity contribution in [2.45, 2.75) is 25.8 Å². The van der Waals surface area contributed by atoms with Gasteiger partial charge in [-0.25, -0.2) is 0 Å². The number of nitrogens with zero attached hydrogens (tertiary/aromatic N) is 2. The molecule has 0 spiro atoms. The molecule has 4 rings (SSSR count). The summed E-state index contributed by atoms with van der Waals surface area (Å²) in [6.07, 6.45) is 0.256. The summed E-state index contributed by atoms with van der Waals surface area (Å²) in [7, 11) is 1.58. The van der Waals surface area contributed by atoms with E-state index in [-0.39, 0.29) is 24.0 Å². The molecule has 1 atom stereocenters. The standard InChI is InChI=1S/C21H21N3O3/c1-13-20-17(16-10-15(27-2)8-9-18(16)25)11-19(26)22-21(20)23-24(13)12-14-6-4-3-5-7-14/h3-10,17,25H,11-12H2,1-2H3,(H,22,23,26)/t17-/m1/s1. The lowest BCUT2D eigenvalue weighted by Gasteiger charge is -2.24. The fraction of sp³-hybridized carbons (Fsp3) is 0.238. The molecule has 0 fully saturated rings. The zero-order valence-corrected chi connectivity index (χ0v) is 15.3. The van der Waals surface area contributed by atoms with Gasteiger partial charge in [0, 0.05) is 29.2 Å². The van der Waals surface area contributed by atoms with Gasteiger partial charge in [0.15, 0.2) is 5.82 Å². The maximum absolute atomic E-state index is 12.3. The van der Waals surface area contributed by atoms with E-state index in [4.69, 9.17) is 4.74 Å². The zero-order chi connectivity index (χ0) is 19.0. The monoisotopic (exact) mass is 363 g/mol. The number of phenols is 1. The van der Waals surface area contributed by atoms with Crippen molar-refractivity contribution in [3.05, 3.63) is 70.9 Å². The van der Waals surface area contributed by atoms with E-state index >= 15 is 0 Å². The van der Waals surface area contributed by atoms with E-state index in [1.54, 1.807) is 25.3 Å². The number of phenolic OH excluding ortho intramolecular Hbond substituents is 1. The van der Waals surface area contributed by atoms with Gasteiger partial charge in [-0.2, -0.15) is 5.10 Å². The molecule has 1 amide bonds. The van der Waals surface area contributed by atoms with E-state index in [2.05, 4.69) is 10.4 Å². The van der Waals surface area contributed by atoms with Crippen LogP contribution in [0.4, 0.5) is 5.82 Å². The smallest absolute Gasteiger partial charge is 0.226 e. The number of rotatable bonds is 4. The fourth-order valence-corrected chi connectivity index (χ4v) is 3.65. The minimum atomic E-state index is -0.270. The highest BCUT2D eigenvalue weighted by atomic mass is 16.5. The Labute approximate surface area is 157 Å². The second kappa shape index (κ2) is 6.79. The van der Waals surface area contributed by atoms with Crippen LogP contribution < -0.4 is 10.1 Å². The summed E-state index contributed by atoms with van der Waals surface area (Å²) in [5, 5.41) is 17.9. The van der Waals surface area contributed by atoms with Gasteiger partial charge in [0.05, 0.1) is 13.7 Å². The maximum Gasteiger partial charge on any atom is 0.226 e. The fourth-order valence-electron chi connectivity index (χ4n) is 3.65. The zero-order valence-electron chi connectivity index (χ0n) is 15.3. The largest absolute Gasteiger partial charge is 0.508 e. The van der Waals surface area contributed by atoms with Gasteiger partial charge in [0.2, 0.25) is 5.91 Å². The van der Waals surface area contributed by atoms with Crippen molar-refractivity contribution in [3.63, 3.8) is 0 Å². The number of methoxy groups -OCH3 is 1. The second-order valence-corrected chi connectivity index (χ2v) is 6.72. The Morgan fingerprint density at radius 2 is 2.04 bits per heavy atom. The number of benzene rings is 2. The molecule has 0 radical (unpaired) electrons. The van der Waals surface area contributed by atoms with E-state index in [0.29, 0.717) is 23.7 Å². The number of hydrogen-bond acceptors (Lipinski definition) is 4. The lowest BCUT2D eigenvalue weighted by atomic mass is 9.85. The third-order valence-corrected chi connectivity index (χ3v) is 5.03. The lowest BCUT2D eigenvalue weighted by molar-refractivity contribution is -0.116. The van der Waals surface area contributed by atoms with E-state index < -0.39 is 0 Å². The van der Waals surface area contributed by atoms with E-state index in [1.165, 1.54) is 0 Å². The van der Waals surface area contributed by atoms with Crippen LogP contribution in [0.3, 0.4) is 0 Å². The van der Waals surface area contributed by atoms with Crippen LogP contribution >= 0.6 is 0 Å². The molecule has 0 bridgehead atoms. The quantitative estimate of drug-likeness (QED) is 0.745. The number of aromatic hydroxyl groups is 1. The third-order valence-electron chi connectivity index (χ3n) is 5.03. The first-order valence-corrected chi connectivity index (χ1v) is 8.84. The van der Waals surface area contributed by atoms with Crippen LogP contribution in [-0.2, 0) is 11.3 Å². The molecule has 0 saturated heterocycles. The first-order chi connectivity index (χ1) is 13.1. The summed E-state index contributed by atoms with van der Waals surface area (Å²) >= 11 is 0. The van der Waals surface area contributed by atoms with Crippen molar-refractivity contribution < 1.29 is 14.6 Å². The summed E-state index contributed by atoms with van der Waals surface area (Å²) < 4.78 is 7.20. The van der Waals surface area contributed by atoms with Crippen molar-refractivity contribution >= 4 is 11.7 Å². The highest BCUT2D eigenvalue weighted by Gasteiger charge is 2.33. The Bertz CT molecular complexity index is 995. The molecule has 1 aromatic heterocycles. The number of ether oxygens (including phenoxy) is 1. The number of hydrogen-bond donors (Lipinski definition) is 2. The predicted molar refractivity (Wildman–Crippen MR) is 102 cm³/mol. The molecule has 6 nitrogen and oxygen atoms in total. The van der Waals surface area contributed by atoms with Gasteiger partial charge in [0.1, 0.15) is 11.5 Å².